The average Bonchev–Trinajstić information content (AvgIpc) is 2.18. The standard InChI is InChI=1S/C10H17NO4/c1-6(9(12)13)11-8-4-2-3-7(5-8)10(14)15/h6-8,11H,2-5H2,1H3,(H,12,13)(H,14,15). The second-order valence-electron chi connectivity index (χ2n) is 4.13. The van der Waals surface area contributed by atoms with E-state index in [0.717, 1.165) is 12.8 Å². The Bertz CT molecular complexity index is 252. The molecule has 1 aliphatic carbocycles. The molecule has 86 valence electrons. The van der Waals surface area contributed by atoms with Crippen molar-refractivity contribution in [3.8, 4) is 0 Å². The molecule has 1 rings (SSSR count). The van der Waals surface area contributed by atoms with Crippen molar-refractivity contribution in [1.82, 2.24) is 5.32 Å². The lowest BCUT2D eigenvalue weighted by atomic mass is 9.85. The fraction of sp³-hybridized carbons (Fsp3) is 0.800. The average molecular weight is 215 g/mol. The van der Waals surface area contributed by atoms with Gasteiger partial charge >= 0.3 is 11.9 Å². The van der Waals surface area contributed by atoms with Crippen molar-refractivity contribution in [3.05, 3.63) is 0 Å². The van der Waals surface area contributed by atoms with Gasteiger partial charge in [-0.05, 0) is 26.2 Å². The summed E-state index contributed by atoms with van der Waals surface area (Å²) in [6.45, 7) is 1.58. The number of nitrogens with one attached hydrogen (secondary N) is 1. The molecule has 3 N–H and O–H groups in total. The Balaban J connectivity index is 2.43. The Kier molecular flexibility index (Phi) is 4.08. The summed E-state index contributed by atoms with van der Waals surface area (Å²) in [5, 5.41) is 20.5. The van der Waals surface area contributed by atoms with Gasteiger partial charge in [0.1, 0.15) is 6.04 Å². The number of aliphatic carboxylic acids is 2. The molecule has 3 unspecified atom stereocenters. The maximum absolute atomic E-state index is 10.8. The molecule has 0 aliphatic heterocycles. The van der Waals surface area contributed by atoms with Crippen LogP contribution in [0.2, 0.25) is 0 Å². The summed E-state index contributed by atoms with van der Waals surface area (Å²) >= 11 is 0. The normalized spacial score (nSPS) is 28.3. The van der Waals surface area contributed by atoms with Gasteiger partial charge in [0.25, 0.3) is 0 Å². The van der Waals surface area contributed by atoms with E-state index < -0.39 is 18.0 Å². The van der Waals surface area contributed by atoms with Gasteiger partial charge in [-0.15, -0.1) is 0 Å². The van der Waals surface area contributed by atoms with Crippen LogP contribution in [0, 0.1) is 5.92 Å². The van der Waals surface area contributed by atoms with Gasteiger partial charge in [0.2, 0.25) is 0 Å². The van der Waals surface area contributed by atoms with Crippen LogP contribution in [-0.2, 0) is 9.59 Å². The molecule has 0 aromatic rings. The first-order valence-electron chi connectivity index (χ1n) is 5.22. The number of hydrogen-bond acceptors (Lipinski definition) is 3. The van der Waals surface area contributed by atoms with Crippen molar-refractivity contribution in [1.29, 1.82) is 0 Å². The number of carboxylic acid groups (broad SMARTS) is 2. The molecule has 5 heteroatoms. The molecule has 0 bridgehead atoms. The first-order valence-corrected chi connectivity index (χ1v) is 5.22. The highest BCUT2D eigenvalue weighted by Crippen LogP contribution is 2.24. The van der Waals surface area contributed by atoms with Crippen LogP contribution in [0.25, 0.3) is 0 Å². The van der Waals surface area contributed by atoms with Crippen molar-refractivity contribution < 1.29 is 19.8 Å². The van der Waals surface area contributed by atoms with Crippen LogP contribution in [0.1, 0.15) is 32.6 Å². The van der Waals surface area contributed by atoms with E-state index in [9.17, 15) is 9.59 Å². The number of carboxylic acids is 2. The zero-order valence-electron chi connectivity index (χ0n) is 8.77. The van der Waals surface area contributed by atoms with E-state index in [1.807, 2.05) is 0 Å². The van der Waals surface area contributed by atoms with Crippen molar-refractivity contribution in [2.75, 3.05) is 0 Å². The minimum absolute atomic E-state index is 0.0194. The molecule has 1 aliphatic rings. The molecule has 0 spiro atoms. The van der Waals surface area contributed by atoms with Crippen LogP contribution in [0.5, 0.6) is 0 Å². The minimum Gasteiger partial charge on any atom is -0.481 e. The van der Waals surface area contributed by atoms with Crippen LogP contribution >= 0.6 is 0 Å². The van der Waals surface area contributed by atoms with Gasteiger partial charge < -0.3 is 15.5 Å². The van der Waals surface area contributed by atoms with Crippen molar-refractivity contribution in [2.24, 2.45) is 5.92 Å². The number of carbonyl (C=O) groups is 2. The quantitative estimate of drug-likeness (QED) is 0.642. The third kappa shape index (κ3) is 3.51. The van der Waals surface area contributed by atoms with Crippen LogP contribution in [0.3, 0.4) is 0 Å². The molecule has 0 radical (unpaired) electrons. The molecule has 0 aromatic heterocycles. The molecule has 5 nitrogen and oxygen atoms in total. The fourth-order valence-electron chi connectivity index (χ4n) is 1.99. The smallest absolute Gasteiger partial charge is 0.320 e. The Morgan fingerprint density at radius 1 is 1.33 bits per heavy atom. The largest absolute Gasteiger partial charge is 0.481 e. The highest BCUT2D eigenvalue weighted by atomic mass is 16.4. The molecule has 15 heavy (non-hydrogen) atoms. The van der Waals surface area contributed by atoms with E-state index in [1.165, 1.54) is 0 Å². The number of rotatable bonds is 4. The highest BCUT2D eigenvalue weighted by molar-refractivity contribution is 5.73. The lowest BCUT2D eigenvalue weighted by molar-refractivity contribution is -0.143. The summed E-state index contributed by atoms with van der Waals surface area (Å²) in [5.41, 5.74) is 0. The maximum Gasteiger partial charge on any atom is 0.320 e. The van der Waals surface area contributed by atoms with E-state index in [1.54, 1.807) is 6.92 Å². The molecule has 1 saturated carbocycles. The lowest BCUT2D eigenvalue weighted by Crippen LogP contribution is -2.44. The van der Waals surface area contributed by atoms with E-state index in [-0.39, 0.29) is 12.0 Å². The Labute approximate surface area is 88.5 Å². The summed E-state index contributed by atoms with van der Waals surface area (Å²) in [6.07, 6.45) is 2.95. The van der Waals surface area contributed by atoms with Crippen molar-refractivity contribution in [2.45, 2.75) is 44.7 Å². The van der Waals surface area contributed by atoms with E-state index in [4.69, 9.17) is 10.2 Å². The van der Waals surface area contributed by atoms with Gasteiger partial charge in [-0.25, -0.2) is 0 Å². The van der Waals surface area contributed by atoms with E-state index in [0.29, 0.717) is 12.8 Å². The second-order valence-corrected chi connectivity index (χ2v) is 4.13. The molecule has 0 saturated heterocycles. The van der Waals surface area contributed by atoms with Gasteiger partial charge in [0.05, 0.1) is 5.92 Å². The van der Waals surface area contributed by atoms with Crippen molar-refractivity contribution >= 4 is 11.9 Å². The highest BCUT2D eigenvalue weighted by Gasteiger charge is 2.28. The molecular weight excluding hydrogens is 198 g/mol. The summed E-state index contributed by atoms with van der Waals surface area (Å²) in [5.74, 6) is -1.99. The first kappa shape index (κ1) is 12.0. The minimum atomic E-state index is -0.896. The molecular formula is C10H17NO4. The number of hydrogen-bond donors (Lipinski definition) is 3. The van der Waals surface area contributed by atoms with Crippen LogP contribution < -0.4 is 5.32 Å². The van der Waals surface area contributed by atoms with Crippen LogP contribution in [-0.4, -0.2) is 34.2 Å². The van der Waals surface area contributed by atoms with Gasteiger partial charge in [-0.1, -0.05) is 6.42 Å². The fourth-order valence-corrected chi connectivity index (χ4v) is 1.99. The summed E-state index contributed by atoms with van der Waals surface area (Å²) < 4.78 is 0. The predicted molar refractivity (Wildman–Crippen MR) is 53.6 cm³/mol. The summed E-state index contributed by atoms with van der Waals surface area (Å²) in [7, 11) is 0. The van der Waals surface area contributed by atoms with Crippen LogP contribution in [0.15, 0.2) is 0 Å². The van der Waals surface area contributed by atoms with Gasteiger partial charge in [-0.2, -0.15) is 0 Å². The Morgan fingerprint density at radius 3 is 2.53 bits per heavy atom. The second kappa shape index (κ2) is 5.11. The topological polar surface area (TPSA) is 86.6 Å². The zero-order chi connectivity index (χ0) is 11.4. The van der Waals surface area contributed by atoms with Gasteiger partial charge in [-0.3, -0.25) is 9.59 Å². The van der Waals surface area contributed by atoms with Gasteiger partial charge in [0.15, 0.2) is 0 Å². The first-order chi connectivity index (χ1) is 7.00. The SMILES string of the molecule is CC(NC1CCCC(C(=O)O)C1)C(=O)O. The van der Waals surface area contributed by atoms with Gasteiger partial charge in [0, 0.05) is 6.04 Å². The van der Waals surface area contributed by atoms with E-state index in [2.05, 4.69) is 5.32 Å². The van der Waals surface area contributed by atoms with Crippen molar-refractivity contribution in [3.63, 3.8) is 0 Å². The van der Waals surface area contributed by atoms with Crippen LogP contribution in [0.4, 0.5) is 0 Å². The Morgan fingerprint density at radius 2 is 2.00 bits per heavy atom. The molecule has 0 aromatic carbocycles. The zero-order valence-corrected chi connectivity index (χ0v) is 8.77. The lowest BCUT2D eigenvalue weighted by Gasteiger charge is -2.28. The molecule has 1 fully saturated rings. The third-order valence-electron chi connectivity index (χ3n) is 2.88. The van der Waals surface area contributed by atoms with E-state index >= 15 is 0 Å². The molecule has 3 atom stereocenters. The predicted octanol–water partition coefficient (Wildman–Crippen LogP) is 0.692. The monoisotopic (exact) mass is 215 g/mol. The Hall–Kier alpha value is -1.10. The molecule has 0 amide bonds. The molecule has 0 heterocycles. The third-order valence-corrected chi connectivity index (χ3v) is 2.88. The summed E-state index contributed by atoms with van der Waals surface area (Å²) in [4.78, 5) is 21.4. The maximum atomic E-state index is 10.8. The summed E-state index contributed by atoms with van der Waals surface area (Å²) in [6, 6.07) is -0.589.